The lowest BCUT2D eigenvalue weighted by atomic mass is 10.4. The fraction of sp³-hybridized carbons (Fsp3) is 0.625. The van der Waals surface area contributed by atoms with Gasteiger partial charge in [-0.25, -0.2) is 4.79 Å². The van der Waals surface area contributed by atoms with E-state index < -0.39 is 6.10 Å². The third-order valence-electron chi connectivity index (χ3n) is 0.984. The molecule has 0 saturated carbocycles. The number of esters is 1. The van der Waals surface area contributed by atoms with Crippen molar-refractivity contribution in [3.8, 4) is 0 Å². The molecule has 0 aliphatic heterocycles. The first-order valence-electron chi connectivity index (χ1n) is 3.54. The third kappa shape index (κ3) is 4.42. The molecule has 0 aliphatic rings. The highest BCUT2D eigenvalue weighted by atomic mass is 16.6. The zero-order valence-corrected chi connectivity index (χ0v) is 7.16. The van der Waals surface area contributed by atoms with Crippen molar-refractivity contribution in [1.82, 2.24) is 0 Å². The number of carbonyl (C=O) groups excluding carboxylic acids is 1. The minimum atomic E-state index is -0.560. The van der Waals surface area contributed by atoms with Gasteiger partial charge in [-0.3, -0.25) is 0 Å². The van der Waals surface area contributed by atoms with Gasteiger partial charge in [-0.1, -0.05) is 6.58 Å². The van der Waals surface area contributed by atoms with Gasteiger partial charge >= 0.3 is 5.97 Å². The zero-order chi connectivity index (χ0) is 8.85. The SMILES string of the molecule is C=COC(C)C(=O)OC(C)C. The van der Waals surface area contributed by atoms with E-state index in [1.54, 1.807) is 20.8 Å². The molecule has 1 atom stereocenters. The van der Waals surface area contributed by atoms with Crippen molar-refractivity contribution >= 4 is 5.97 Å². The molecule has 11 heavy (non-hydrogen) atoms. The second kappa shape index (κ2) is 4.77. The summed E-state index contributed by atoms with van der Waals surface area (Å²) >= 11 is 0. The molecule has 0 spiro atoms. The maximum Gasteiger partial charge on any atom is 0.347 e. The van der Waals surface area contributed by atoms with Crippen molar-refractivity contribution < 1.29 is 14.3 Å². The highest BCUT2D eigenvalue weighted by Gasteiger charge is 2.14. The van der Waals surface area contributed by atoms with Crippen LogP contribution in [0.5, 0.6) is 0 Å². The molecule has 1 unspecified atom stereocenters. The van der Waals surface area contributed by atoms with Gasteiger partial charge in [0.1, 0.15) is 0 Å². The highest BCUT2D eigenvalue weighted by Crippen LogP contribution is 1.97. The summed E-state index contributed by atoms with van der Waals surface area (Å²) in [6, 6.07) is 0. The zero-order valence-electron chi connectivity index (χ0n) is 7.16. The molecule has 0 aromatic rings. The van der Waals surface area contributed by atoms with Crippen LogP contribution >= 0.6 is 0 Å². The third-order valence-corrected chi connectivity index (χ3v) is 0.984. The van der Waals surface area contributed by atoms with E-state index in [-0.39, 0.29) is 12.1 Å². The first-order chi connectivity index (χ1) is 5.07. The molecular formula is C8H14O3. The Morgan fingerprint density at radius 3 is 2.36 bits per heavy atom. The maximum absolute atomic E-state index is 10.9. The van der Waals surface area contributed by atoms with Gasteiger partial charge < -0.3 is 9.47 Å². The number of ether oxygens (including phenoxy) is 2. The van der Waals surface area contributed by atoms with Crippen LogP contribution < -0.4 is 0 Å². The number of hydrogen-bond acceptors (Lipinski definition) is 3. The predicted octanol–water partition coefficient (Wildman–Crippen LogP) is 1.49. The average molecular weight is 158 g/mol. The molecule has 64 valence electrons. The molecule has 0 amide bonds. The standard InChI is InChI=1S/C8H14O3/c1-5-10-7(4)8(9)11-6(2)3/h5-7H,1H2,2-4H3. The molecule has 0 aromatic heterocycles. The van der Waals surface area contributed by atoms with E-state index in [2.05, 4.69) is 6.58 Å². The van der Waals surface area contributed by atoms with Gasteiger partial charge in [-0.15, -0.1) is 0 Å². The number of hydrogen-bond donors (Lipinski definition) is 0. The van der Waals surface area contributed by atoms with Gasteiger partial charge in [-0.05, 0) is 20.8 Å². The van der Waals surface area contributed by atoms with E-state index in [0.29, 0.717) is 0 Å². The molecule has 3 nitrogen and oxygen atoms in total. The molecule has 0 heterocycles. The highest BCUT2D eigenvalue weighted by molar-refractivity contribution is 5.74. The summed E-state index contributed by atoms with van der Waals surface area (Å²) in [5.74, 6) is -0.361. The second-order valence-electron chi connectivity index (χ2n) is 2.43. The molecule has 0 bridgehead atoms. The largest absolute Gasteiger partial charge is 0.487 e. The van der Waals surface area contributed by atoms with Crippen LogP contribution in [0.1, 0.15) is 20.8 Å². The van der Waals surface area contributed by atoms with E-state index >= 15 is 0 Å². The molecule has 0 aromatic carbocycles. The topological polar surface area (TPSA) is 35.5 Å². The van der Waals surface area contributed by atoms with Gasteiger partial charge in [0.2, 0.25) is 0 Å². The molecule has 0 fully saturated rings. The Kier molecular flexibility index (Phi) is 4.34. The van der Waals surface area contributed by atoms with Crippen LogP contribution in [0.15, 0.2) is 12.8 Å². The first-order valence-corrected chi connectivity index (χ1v) is 3.54. The van der Waals surface area contributed by atoms with Crippen molar-refractivity contribution in [3.63, 3.8) is 0 Å². The predicted molar refractivity (Wildman–Crippen MR) is 42.0 cm³/mol. The van der Waals surface area contributed by atoms with Crippen LogP contribution in [-0.2, 0) is 14.3 Å². The molecule has 0 aliphatic carbocycles. The lowest BCUT2D eigenvalue weighted by Gasteiger charge is -2.12. The summed E-state index contributed by atoms with van der Waals surface area (Å²) in [7, 11) is 0. The summed E-state index contributed by atoms with van der Waals surface area (Å²) in [5.41, 5.74) is 0. The van der Waals surface area contributed by atoms with E-state index in [1.807, 2.05) is 0 Å². The smallest absolute Gasteiger partial charge is 0.347 e. The molecular weight excluding hydrogens is 144 g/mol. The van der Waals surface area contributed by atoms with Crippen molar-refractivity contribution in [3.05, 3.63) is 12.8 Å². The van der Waals surface area contributed by atoms with Crippen LogP contribution in [0.2, 0.25) is 0 Å². The van der Waals surface area contributed by atoms with Crippen molar-refractivity contribution in [2.24, 2.45) is 0 Å². The van der Waals surface area contributed by atoms with Crippen LogP contribution in [0.3, 0.4) is 0 Å². The second-order valence-corrected chi connectivity index (χ2v) is 2.43. The monoisotopic (exact) mass is 158 g/mol. The maximum atomic E-state index is 10.9. The van der Waals surface area contributed by atoms with Gasteiger partial charge in [0.15, 0.2) is 6.10 Å². The number of rotatable bonds is 4. The van der Waals surface area contributed by atoms with Crippen LogP contribution in [0.4, 0.5) is 0 Å². The lowest BCUT2D eigenvalue weighted by molar-refractivity contribution is -0.156. The summed E-state index contributed by atoms with van der Waals surface area (Å²) in [6.45, 7) is 8.53. The van der Waals surface area contributed by atoms with Crippen molar-refractivity contribution in [1.29, 1.82) is 0 Å². The van der Waals surface area contributed by atoms with Crippen molar-refractivity contribution in [2.75, 3.05) is 0 Å². The summed E-state index contributed by atoms with van der Waals surface area (Å²) < 4.78 is 9.65. The Labute approximate surface area is 67.0 Å². The van der Waals surface area contributed by atoms with Crippen LogP contribution in [-0.4, -0.2) is 18.2 Å². The van der Waals surface area contributed by atoms with E-state index in [9.17, 15) is 4.79 Å². The minimum Gasteiger partial charge on any atom is -0.487 e. The average Bonchev–Trinajstić information content (AvgIpc) is 1.86. The van der Waals surface area contributed by atoms with Gasteiger partial charge in [0.25, 0.3) is 0 Å². The summed E-state index contributed by atoms with van der Waals surface area (Å²) in [4.78, 5) is 10.9. The minimum absolute atomic E-state index is 0.0987. The summed E-state index contributed by atoms with van der Waals surface area (Å²) in [5, 5.41) is 0. The van der Waals surface area contributed by atoms with E-state index in [1.165, 1.54) is 6.26 Å². The van der Waals surface area contributed by atoms with Gasteiger partial charge in [0.05, 0.1) is 12.4 Å². The fourth-order valence-electron chi connectivity index (χ4n) is 0.528. The van der Waals surface area contributed by atoms with E-state index in [0.717, 1.165) is 0 Å². The molecule has 0 rings (SSSR count). The number of carbonyl (C=O) groups is 1. The van der Waals surface area contributed by atoms with Gasteiger partial charge in [0, 0.05) is 0 Å². The van der Waals surface area contributed by atoms with E-state index in [4.69, 9.17) is 9.47 Å². The summed E-state index contributed by atoms with van der Waals surface area (Å²) in [6.07, 6.45) is 0.569. The molecule has 0 radical (unpaired) electrons. The van der Waals surface area contributed by atoms with Crippen LogP contribution in [0.25, 0.3) is 0 Å². The van der Waals surface area contributed by atoms with Crippen molar-refractivity contribution in [2.45, 2.75) is 33.0 Å². The normalized spacial score (nSPS) is 12.4. The van der Waals surface area contributed by atoms with Gasteiger partial charge in [-0.2, -0.15) is 0 Å². The Morgan fingerprint density at radius 1 is 1.45 bits per heavy atom. The van der Waals surface area contributed by atoms with Crippen LogP contribution in [0, 0.1) is 0 Å². The Morgan fingerprint density at radius 2 is 2.00 bits per heavy atom. The fourth-order valence-corrected chi connectivity index (χ4v) is 0.528. The quantitative estimate of drug-likeness (QED) is 0.459. The Balaban J connectivity index is 3.72. The molecule has 0 N–H and O–H groups in total. The Bertz CT molecular complexity index is 140. The molecule has 0 saturated heterocycles. The Hall–Kier alpha value is -0.990. The lowest BCUT2D eigenvalue weighted by Crippen LogP contribution is -2.24. The first kappa shape index (κ1) is 10.0. The molecule has 3 heteroatoms.